The fourth-order valence-electron chi connectivity index (χ4n) is 1.02. The van der Waals surface area contributed by atoms with Crippen LogP contribution in [0.15, 0.2) is 0 Å². The first-order chi connectivity index (χ1) is 7.97. The van der Waals surface area contributed by atoms with Gasteiger partial charge in [0.2, 0.25) is 5.91 Å². The Bertz CT molecular complexity index is 242. The van der Waals surface area contributed by atoms with Crippen LogP contribution < -0.4 is 5.32 Å². The SMILES string of the molecule is CCC(C)C(=O)NCCOC(=O)CCC(O)O. The van der Waals surface area contributed by atoms with E-state index in [0.717, 1.165) is 6.42 Å². The number of hydrogen-bond donors (Lipinski definition) is 3. The summed E-state index contributed by atoms with van der Waals surface area (Å²) in [5, 5.41) is 19.7. The van der Waals surface area contributed by atoms with Crippen molar-refractivity contribution in [1.82, 2.24) is 5.32 Å². The molecule has 0 spiro atoms. The first kappa shape index (κ1) is 15.9. The second kappa shape index (κ2) is 8.95. The summed E-state index contributed by atoms with van der Waals surface area (Å²) in [6.45, 7) is 4.12. The van der Waals surface area contributed by atoms with Crippen LogP contribution in [0.1, 0.15) is 33.1 Å². The molecule has 17 heavy (non-hydrogen) atoms. The van der Waals surface area contributed by atoms with Crippen molar-refractivity contribution in [2.75, 3.05) is 13.2 Å². The van der Waals surface area contributed by atoms with Crippen LogP contribution in [-0.4, -0.2) is 41.5 Å². The van der Waals surface area contributed by atoms with Crippen LogP contribution in [0.4, 0.5) is 0 Å². The molecule has 0 heterocycles. The van der Waals surface area contributed by atoms with Gasteiger partial charge in [0.05, 0.1) is 13.0 Å². The van der Waals surface area contributed by atoms with E-state index in [4.69, 9.17) is 14.9 Å². The Balaban J connectivity index is 3.51. The molecule has 0 aliphatic carbocycles. The van der Waals surface area contributed by atoms with Crippen molar-refractivity contribution in [3.8, 4) is 0 Å². The molecule has 0 saturated heterocycles. The molecule has 0 saturated carbocycles. The lowest BCUT2D eigenvalue weighted by Crippen LogP contribution is -2.32. The molecule has 6 nitrogen and oxygen atoms in total. The second-order valence-electron chi connectivity index (χ2n) is 3.84. The maximum Gasteiger partial charge on any atom is 0.306 e. The number of rotatable bonds is 8. The van der Waals surface area contributed by atoms with E-state index in [1.54, 1.807) is 0 Å². The fourth-order valence-corrected chi connectivity index (χ4v) is 1.02. The standard InChI is InChI=1S/C11H21NO5/c1-3-8(2)11(16)12-6-7-17-10(15)5-4-9(13)14/h8-9,13-14H,3-7H2,1-2H3,(H,12,16). The van der Waals surface area contributed by atoms with Crippen LogP contribution >= 0.6 is 0 Å². The van der Waals surface area contributed by atoms with Gasteiger partial charge in [0.25, 0.3) is 0 Å². The smallest absolute Gasteiger partial charge is 0.306 e. The monoisotopic (exact) mass is 247 g/mol. The summed E-state index contributed by atoms with van der Waals surface area (Å²) in [5.74, 6) is -0.611. The summed E-state index contributed by atoms with van der Waals surface area (Å²) in [7, 11) is 0. The van der Waals surface area contributed by atoms with Crippen LogP contribution in [-0.2, 0) is 14.3 Å². The molecule has 1 atom stereocenters. The second-order valence-corrected chi connectivity index (χ2v) is 3.84. The van der Waals surface area contributed by atoms with Crippen molar-refractivity contribution < 1.29 is 24.5 Å². The Morgan fingerprint density at radius 3 is 2.53 bits per heavy atom. The molecule has 0 radical (unpaired) electrons. The number of ether oxygens (including phenoxy) is 1. The molecule has 6 heteroatoms. The topological polar surface area (TPSA) is 95.9 Å². The molecule has 0 aliphatic rings. The summed E-state index contributed by atoms with van der Waals surface area (Å²) < 4.78 is 4.78. The summed E-state index contributed by atoms with van der Waals surface area (Å²) >= 11 is 0. The van der Waals surface area contributed by atoms with Gasteiger partial charge in [-0.25, -0.2) is 0 Å². The van der Waals surface area contributed by atoms with E-state index < -0.39 is 12.3 Å². The predicted molar refractivity (Wildman–Crippen MR) is 60.9 cm³/mol. The molecule has 0 aromatic carbocycles. The van der Waals surface area contributed by atoms with Gasteiger partial charge in [-0.1, -0.05) is 13.8 Å². The number of hydrogen-bond acceptors (Lipinski definition) is 5. The average molecular weight is 247 g/mol. The van der Waals surface area contributed by atoms with Crippen LogP contribution in [0, 0.1) is 5.92 Å². The Hall–Kier alpha value is -1.14. The highest BCUT2D eigenvalue weighted by molar-refractivity contribution is 5.78. The van der Waals surface area contributed by atoms with E-state index in [-0.39, 0.29) is 37.8 Å². The molecule has 0 bridgehead atoms. The third-order valence-electron chi connectivity index (χ3n) is 2.33. The number of nitrogens with one attached hydrogen (secondary N) is 1. The van der Waals surface area contributed by atoms with Crippen LogP contribution in [0.3, 0.4) is 0 Å². The van der Waals surface area contributed by atoms with E-state index in [9.17, 15) is 9.59 Å². The van der Waals surface area contributed by atoms with Gasteiger partial charge in [-0.05, 0) is 6.42 Å². The number of amides is 1. The highest BCUT2D eigenvalue weighted by Gasteiger charge is 2.10. The van der Waals surface area contributed by atoms with Gasteiger partial charge in [0.1, 0.15) is 6.61 Å². The Morgan fingerprint density at radius 1 is 1.35 bits per heavy atom. The lowest BCUT2D eigenvalue weighted by molar-refractivity contribution is -0.146. The largest absolute Gasteiger partial charge is 0.464 e. The molecule has 0 rings (SSSR count). The third kappa shape index (κ3) is 8.65. The Kier molecular flexibility index (Phi) is 8.35. The highest BCUT2D eigenvalue weighted by atomic mass is 16.5. The fraction of sp³-hybridized carbons (Fsp3) is 0.818. The van der Waals surface area contributed by atoms with Crippen molar-refractivity contribution >= 4 is 11.9 Å². The average Bonchev–Trinajstić information content (AvgIpc) is 2.30. The minimum Gasteiger partial charge on any atom is -0.464 e. The lowest BCUT2D eigenvalue weighted by Gasteiger charge is -2.10. The Labute approximate surface area is 101 Å². The summed E-state index contributed by atoms with van der Waals surface area (Å²) in [4.78, 5) is 22.3. The predicted octanol–water partition coefficient (Wildman–Crippen LogP) is -0.217. The van der Waals surface area contributed by atoms with Crippen LogP contribution in [0.2, 0.25) is 0 Å². The first-order valence-electron chi connectivity index (χ1n) is 5.76. The van der Waals surface area contributed by atoms with E-state index in [1.165, 1.54) is 0 Å². The third-order valence-corrected chi connectivity index (χ3v) is 2.33. The lowest BCUT2D eigenvalue weighted by atomic mass is 10.1. The van der Waals surface area contributed by atoms with Gasteiger partial charge in [-0.15, -0.1) is 0 Å². The van der Waals surface area contributed by atoms with E-state index in [2.05, 4.69) is 5.32 Å². The summed E-state index contributed by atoms with van der Waals surface area (Å²) in [6.07, 6.45) is -0.817. The van der Waals surface area contributed by atoms with Gasteiger partial charge in [0, 0.05) is 12.3 Å². The number of esters is 1. The Morgan fingerprint density at radius 2 is 2.00 bits per heavy atom. The highest BCUT2D eigenvalue weighted by Crippen LogP contribution is 1.99. The van der Waals surface area contributed by atoms with E-state index in [1.807, 2.05) is 13.8 Å². The minimum absolute atomic E-state index is 0.0436. The molecule has 100 valence electrons. The van der Waals surface area contributed by atoms with Gasteiger partial charge >= 0.3 is 5.97 Å². The molecule has 0 fully saturated rings. The quantitative estimate of drug-likeness (QED) is 0.313. The zero-order valence-corrected chi connectivity index (χ0v) is 10.3. The number of carbonyl (C=O) groups is 2. The molecular weight excluding hydrogens is 226 g/mol. The van der Waals surface area contributed by atoms with Crippen molar-refractivity contribution in [3.63, 3.8) is 0 Å². The van der Waals surface area contributed by atoms with Crippen LogP contribution in [0.5, 0.6) is 0 Å². The maximum atomic E-state index is 11.3. The van der Waals surface area contributed by atoms with Crippen molar-refractivity contribution in [2.24, 2.45) is 5.92 Å². The van der Waals surface area contributed by atoms with Gasteiger partial charge < -0.3 is 20.3 Å². The van der Waals surface area contributed by atoms with Crippen molar-refractivity contribution in [3.05, 3.63) is 0 Å². The molecule has 0 aromatic rings. The van der Waals surface area contributed by atoms with Gasteiger partial charge in [-0.2, -0.15) is 0 Å². The maximum absolute atomic E-state index is 11.3. The summed E-state index contributed by atoms with van der Waals surface area (Å²) in [6, 6.07) is 0. The van der Waals surface area contributed by atoms with Crippen molar-refractivity contribution in [1.29, 1.82) is 0 Å². The molecule has 3 N–H and O–H groups in total. The number of aliphatic hydroxyl groups is 2. The number of aliphatic hydroxyl groups excluding tert-OH is 1. The molecule has 1 unspecified atom stereocenters. The zero-order chi connectivity index (χ0) is 13.3. The number of carbonyl (C=O) groups excluding carboxylic acids is 2. The normalized spacial score (nSPS) is 12.3. The van der Waals surface area contributed by atoms with Gasteiger partial charge in [0.15, 0.2) is 6.29 Å². The summed E-state index contributed by atoms with van der Waals surface area (Å²) in [5.41, 5.74) is 0. The minimum atomic E-state index is -1.49. The van der Waals surface area contributed by atoms with E-state index >= 15 is 0 Å². The molecular formula is C11H21NO5. The molecule has 0 aromatic heterocycles. The van der Waals surface area contributed by atoms with Gasteiger partial charge in [-0.3, -0.25) is 9.59 Å². The zero-order valence-electron chi connectivity index (χ0n) is 10.3. The van der Waals surface area contributed by atoms with Crippen molar-refractivity contribution in [2.45, 2.75) is 39.4 Å². The molecule has 1 amide bonds. The first-order valence-corrected chi connectivity index (χ1v) is 5.76. The van der Waals surface area contributed by atoms with Crippen LogP contribution in [0.25, 0.3) is 0 Å². The molecule has 0 aliphatic heterocycles. The van der Waals surface area contributed by atoms with E-state index in [0.29, 0.717) is 0 Å².